The minimum atomic E-state index is 0.752. The number of anilines is 1. The number of hydrogen-bond donors (Lipinski definition) is 1. The molecule has 0 unspecified atom stereocenters. The number of fused-ring (bicyclic) bond motifs is 1. The Balaban J connectivity index is 0.00000119. The van der Waals surface area contributed by atoms with Gasteiger partial charge in [-0.2, -0.15) is 0 Å². The van der Waals surface area contributed by atoms with Gasteiger partial charge in [-0.1, -0.05) is 39.2 Å². The normalized spacial score (nSPS) is 16.7. The fraction of sp³-hybridized carbons (Fsp3) is 0.296. The summed E-state index contributed by atoms with van der Waals surface area (Å²) in [5.41, 5.74) is 8.78. The third-order valence-electron chi connectivity index (χ3n) is 5.98. The van der Waals surface area contributed by atoms with E-state index < -0.39 is 0 Å². The summed E-state index contributed by atoms with van der Waals surface area (Å²) < 4.78 is 0. The van der Waals surface area contributed by atoms with Gasteiger partial charge in [-0.25, -0.2) is 4.98 Å². The van der Waals surface area contributed by atoms with Crippen molar-refractivity contribution in [3.8, 4) is 0 Å². The Morgan fingerprint density at radius 2 is 1.97 bits per heavy atom. The molecule has 0 saturated carbocycles. The highest BCUT2D eigenvalue weighted by molar-refractivity contribution is 5.75. The summed E-state index contributed by atoms with van der Waals surface area (Å²) in [6.45, 7) is 14.1. The van der Waals surface area contributed by atoms with Crippen LogP contribution in [0.5, 0.6) is 0 Å². The Hall–Kier alpha value is -3.47. The fourth-order valence-electron chi connectivity index (χ4n) is 4.24. The third-order valence-corrected chi connectivity index (χ3v) is 5.98. The van der Waals surface area contributed by atoms with Crippen LogP contribution in [0.3, 0.4) is 0 Å². The lowest BCUT2D eigenvalue weighted by molar-refractivity contribution is 0.493. The predicted molar refractivity (Wildman–Crippen MR) is 133 cm³/mol. The Bertz CT molecular complexity index is 1230. The number of rotatable bonds is 4. The standard InChI is InChI=1S/C25H25N5.C2H6/c1-16(28-24-11-8-18-5-4-12-26-25(18)29-24)20-7-10-23(27-14-20)19-6-9-22-17(2)30(3)15-21(22)13-19;1-2/h5,7-8,10-11,13-14H,1-2,4,6,9,12,15H2,3H3,(H,26,28,29);1-2H3. The van der Waals surface area contributed by atoms with Gasteiger partial charge in [0.05, 0.1) is 5.69 Å². The van der Waals surface area contributed by atoms with E-state index in [9.17, 15) is 0 Å². The van der Waals surface area contributed by atoms with Crippen LogP contribution in [0.1, 0.15) is 44.4 Å². The van der Waals surface area contributed by atoms with E-state index in [0.29, 0.717) is 0 Å². The molecule has 5 nitrogen and oxygen atoms in total. The van der Waals surface area contributed by atoms with Crippen molar-refractivity contribution in [2.75, 3.05) is 25.5 Å². The molecular weight excluding hydrogens is 394 g/mol. The molecule has 0 fully saturated rings. The van der Waals surface area contributed by atoms with Crippen LogP contribution in [0.25, 0.3) is 17.3 Å². The van der Waals surface area contributed by atoms with Crippen molar-refractivity contribution in [3.05, 3.63) is 88.5 Å². The Labute approximate surface area is 190 Å². The van der Waals surface area contributed by atoms with Crippen LogP contribution in [0, 0.1) is 0 Å². The molecule has 5 heteroatoms. The molecule has 1 N–H and O–H groups in total. The van der Waals surface area contributed by atoms with Crippen molar-refractivity contribution in [1.29, 1.82) is 0 Å². The quantitative estimate of drug-likeness (QED) is 0.793. The molecule has 4 heterocycles. The lowest BCUT2D eigenvalue weighted by atomic mass is 9.91. The van der Waals surface area contributed by atoms with E-state index in [0.717, 1.165) is 71.5 Å². The van der Waals surface area contributed by atoms with Crippen LogP contribution >= 0.6 is 0 Å². The first-order valence-electron chi connectivity index (χ1n) is 11.4. The van der Waals surface area contributed by atoms with Crippen molar-refractivity contribution in [2.24, 2.45) is 4.99 Å². The highest BCUT2D eigenvalue weighted by Gasteiger charge is 2.25. The monoisotopic (exact) mass is 425 g/mol. The molecule has 0 amide bonds. The van der Waals surface area contributed by atoms with Crippen molar-refractivity contribution < 1.29 is 0 Å². The lowest BCUT2D eigenvalue weighted by Gasteiger charge is -2.16. The molecule has 5 rings (SSSR count). The Kier molecular flexibility index (Phi) is 6.35. The van der Waals surface area contributed by atoms with Gasteiger partial charge < -0.3 is 10.2 Å². The number of nitrogens with zero attached hydrogens (tertiary/aromatic N) is 4. The van der Waals surface area contributed by atoms with Gasteiger partial charge in [-0.3, -0.25) is 9.98 Å². The zero-order valence-electron chi connectivity index (χ0n) is 19.3. The second-order valence-corrected chi connectivity index (χ2v) is 8.00. The van der Waals surface area contributed by atoms with Crippen molar-refractivity contribution in [3.63, 3.8) is 0 Å². The van der Waals surface area contributed by atoms with Gasteiger partial charge in [0.1, 0.15) is 5.82 Å². The maximum Gasteiger partial charge on any atom is 0.156 e. The van der Waals surface area contributed by atoms with E-state index in [2.05, 4.69) is 70.7 Å². The highest BCUT2D eigenvalue weighted by Crippen LogP contribution is 2.37. The van der Waals surface area contributed by atoms with Crippen LogP contribution < -0.4 is 16.0 Å². The Morgan fingerprint density at radius 1 is 1.12 bits per heavy atom. The summed E-state index contributed by atoms with van der Waals surface area (Å²) in [6, 6.07) is 8.17. The van der Waals surface area contributed by atoms with Crippen LogP contribution in [0.15, 0.2) is 71.5 Å². The van der Waals surface area contributed by atoms with Crippen LogP contribution in [0.2, 0.25) is 0 Å². The number of aromatic nitrogens is 2. The SMILES string of the molecule is C=C(Nc1ccc2c(n1)=NCCC=2)c1ccc(C2=CC3=C(CC2)C(=C)N(C)C3)nc1.CC. The largest absolute Gasteiger partial charge is 0.371 e. The fourth-order valence-corrected chi connectivity index (χ4v) is 4.24. The minimum Gasteiger partial charge on any atom is -0.371 e. The van der Waals surface area contributed by atoms with Crippen molar-refractivity contribution in [2.45, 2.75) is 33.1 Å². The number of hydrogen-bond acceptors (Lipinski definition) is 5. The molecule has 2 aromatic rings. The molecule has 0 aromatic carbocycles. The molecule has 0 saturated heterocycles. The number of allylic oxidation sites excluding steroid dienone is 2. The van der Waals surface area contributed by atoms with E-state index in [1.807, 2.05) is 26.1 Å². The van der Waals surface area contributed by atoms with E-state index in [1.165, 1.54) is 16.7 Å². The minimum absolute atomic E-state index is 0.752. The first-order valence-corrected chi connectivity index (χ1v) is 11.4. The van der Waals surface area contributed by atoms with Crippen LogP contribution in [-0.2, 0) is 0 Å². The topological polar surface area (TPSA) is 53.4 Å². The van der Waals surface area contributed by atoms with Crippen molar-refractivity contribution >= 4 is 23.2 Å². The number of nitrogens with one attached hydrogen (secondary N) is 1. The molecular formula is C27H31N5. The summed E-state index contributed by atoms with van der Waals surface area (Å²) in [6.07, 6.45) is 9.36. The first kappa shape index (κ1) is 21.8. The summed E-state index contributed by atoms with van der Waals surface area (Å²) in [7, 11) is 2.10. The van der Waals surface area contributed by atoms with Gasteiger partial charge in [-0.05, 0) is 60.2 Å². The van der Waals surface area contributed by atoms with Gasteiger partial charge in [-0.15, -0.1) is 0 Å². The smallest absolute Gasteiger partial charge is 0.156 e. The molecule has 2 aromatic heterocycles. The molecule has 1 aliphatic carbocycles. The average Bonchev–Trinajstić information content (AvgIpc) is 3.13. The molecule has 0 atom stereocenters. The number of pyridine rings is 2. The van der Waals surface area contributed by atoms with E-state index >= 15 is 0 Å². The molecule has 0 spiro atoms. The van der Waals surface area contributed by atoms with Crippen LogP contribution in [-0.4, -0.2) is 35.0 Å². The Morgan fingerprint density at radius 3 is 2.75 bits per heavy atom. The molecule has 2 aliphatic heterocycles. The van der Waals surface area contributed by atoms with E-state index in [1.54, 1.807) is 0 Å². The maximum absolute atomic E-state index is 4.72. The van der Waals surface area contributed by atoms with Gasteiger partial charge in [0.25, 0.3) is 0 Å². The maximum atomic E-state index is 4.72. The average molecular weight is 426 g/mol. The second-order valence-electron chi connectivity index (χ2n) is 8.00. The van der Waals surface area contributed by atoms with Crippen molar-refractivity contribution in [1.82, 2.24) is 14.9 Å². The zero-order chi connectivity index (χ0) is 22.7. The first-order chi connectivity index (χ1) is 15.6. The molecule has 3 aliphatic rings. The molecule has 164 valence electrons. The molecule has 0 radical (unpaired) electrons. The summed E-state index contributed by atoms with van der Waals surface area (Å²) >= 11 is 0. The summed E-state index contributed by atoms with van der Waals surface area (Å²) in [5, 5.41) is 4.39. The zero-order valence-corrected chi connectivity index (χ0v) is 19.3. The van der Waals surface area contributed by atoms with E-state index in [4.69, 9.17) is 4.98 Å². The highest BCUT2D eigenvalue weighted by atomic mass is 15.1. The number of likely N-dealkylation sites (N-methyl/N-ethyl adjacent to an activating group) is 1. The molecule has 32 heavy (non-hydrogen) atoms. The summed E-state index contributed by atoms with van der Waals surface area (Å²) in [5.74, 6) is 0.752. The van der Waals surface area contributed by atoms with Gasteiger partial charge >= 0.3 is 0 Å². The van der Waals surface area contributed by atoms with Gasteiger partial charge in [0.15, 0.2) is 5.49 Å². The predicted octanol–water partition coefficient (Wildman–Crippen LogP) is 4.32. The molecule has 0 bridgehead atoms. The second kappa shape index (κ2) is 9.35. The van der Waals surface area contributed by atoms with Gasteiger partial charge in [0, 0.05) is 48.5 Å². The van der Waals surface area contributed by atoms with Crippen LogP contribution in [0.4, 0.5) is 5.82 Å². The summed E-state index contributed by atoms with van der Waals surface area (Å²) in [4.78, 5) is 16.0. The van der Waals surface area contributed by atoms with E-state index in [-0.39, 0.29) is 0 Å². The lowest BCUT2D eigenvalue weighted by Crippen LogP contribution is -2.31. The third kappa shape index (κ3) is 4.28. The van der Waals surface area contributed by atoms with Gasteiger partial charge in [0.2, 0.25) is 0 Å².